The minimum atomic E-state index is -0.101. The van der Waals surface area contributed by atoms with Crippen molar-refractivity contribution < 1.29 is 4.79 Å². The highest BCUT2D eigenvalue weighted by molar-refractivity contribution is 9.10. The minimum Gasteiger partial charge on any atom is -0.321 e. The zero-order valence-corrected chi connectivity index (χ0v) is 20.0. The van der Waals surface area contributed by atoms with Gasteiger partial charge in [-0.1, -0.05) is 43.1 Å². The van der Waals surface area contributed by atoms with Crippen LogP contribution in [0.4, 0.5) is 5.69 Å². The molecule has 0 atom stereocenters. The molecule has 2 aromatic rings. The Labute approximate surface area is 179 Å². The molecule has 0 unspecified atom stereocenters. The van der Waals surface area contributed by atoms with Gasteiger partial charge in [-0.05, 0) is 84.3 Å². The van der Waals surface area contributed by atoms with Gasteiger partial charge in [0.15, 0.2) is 0 Å². The highest BCUT2D eigenvalue weighted by Crippen LogP contribution is 2.31. The van der Waals surface area contributed by atoms with Crippen molar-refractivity contribution in [1.29, 1.82) is 0 Å². The number of hydrogen-bond acceptors (Lipinski definition) is 2. The van der Waals surface area contributed by atoms with E-state index in [0.717, 1.165) is 74.8 Å². The first-order valence-electron chi connectivity index (χ1n) is 9.62. The van der Waals surface area contributed by atoms with Crippen LogP contribution in [0.2, 0.25) is 0 Å². The topological polar surface area (TPSA) is 42.0 Å². The molecule has 5 heteroatoms. The number of nitrogens with zero attached hydrogens (tertiary/aromatic N) is 1. The fourth-order valence-corrected chi connectivity index (χ4v) is 4.88. The molecule has 0 bridgehead atoms. The summed E-state index contributed by atoms with van der Waals surface area (Å²) in [5, 5.41) is 3.18. The minimum absolute atomic E-state index is 0.101. The van der Waals surface area contributed by atoms with Gasteiger partial charge in [0.05, 0.1) is 11.3 Å². The van der Waals surface area contributed by atoms with Crippen LogP contribution in [0.3, 0.4) is 0 Å². The molecule has 0 radical (unpaired) electrons. The van der Waals surface area contributed by atoms with Gasteiger partial charge in [0.2, 0.25) is 0 Å². The van der Waals surface area contributed by atoms with E-state index in [-0.39, 0.29) is 5.91 Å². The van der Waals surface area contributed by atoms with Crippen LogP contribution in [0.5, 0.6) is 0 Å². The molecule has 0 fully saturated rings. The van der Waals surface area contributed by atoms with Gasteiger partial charge in [0.1, 0.15) is 0 Å². The monoisotopic (exact) mass is 494 g/mol. The fourth-order valence-electron chi connectivity index (χ4n) is 3.37. The molecule has 0 saturated carbocycles. The fraction of sp³-hybridized carbons (Fsp3) is 0.455. The summed E-state index contributed by atoms with van der Waals surface area (Å²) in [4.78, 5) is 17.9. The molecule has 0 saturated heterocycles. The maximum atomic E-state index is 13.2. The van der Waals surface area contributed by atoms with E-state index >= 15 is 0 Å². The molecule has 1 N–H and O–H groups in total. The molecule has 0 aliphatic carbocycles. The standard InChI is InChI=1S/C22H28Br2N2O/c1-6-9-10-18-13(4)25-14(5)19(20(18)24)22(27)26-21-15(7-2)11-17(23)12-16(21)8-3/h11-12H,6-10H2,1-5H3,(H,26,27). The SMILES string of the molecule is CCCCc1c(C)nc(C)c(C(=O)Nc2c(CC)cc(Br)cc2CC)c1Br. The number of hydrogen-bond donors (Lipinski definition) is 1. The molecule has 1 amide bonds. The number of anilines is 1. The van der Waals surface area contributed by atoms with Crippen molar-refractivity contribution in [2.75, 3.05) is 5.32 Å². The van der Waals surface area contributed by atoms with Gasteiger partial charge in [0.25, 0.3) is 5.91 Å². The van der Waals surface area contributed by atoms with E-state index in [0.29, 0.717) is 5.56 Å². The second kappa shape index (κ2) is 9.83. The van der Waals surface area contributed by atoms with E-state index in [1.165, 1.54) is 0 Å². The molecule has 1 aromatic carbocycles. The summed E-state index contributed by atoms with van der Waals surface area (Å²) in [6, 6.07) is 4.16. The third-order valence-corrected chi connectivity index (χ3v) is 6.23. The lowest BCUT2D eigenvalue weighted by Gasteiger charge is -2.18. The Kier molecular flexibility index (Phi) is 8.04. The van der Waals surface area contributed by atoms with E-state index in [1.54, 1.807) is 0 Å². The molecular formula is C22H28Br2N2O. The molecule has 146 valence electrons. The second-order valence-electron chi connectivity index (χ2n) is 6.81. The van der Waals surface area contributed by atoms with Gasteiger partial charge in [-0.25, -0.2) is 0 Å². The summed E-state index contributed by atoms with van der Waals surface area (Å²) in [7, 11) is 0. The van der Waals surface area contributed by atoms with E-state index in [2.05, 4.69) is 75.1 Å². The zero-order valence-electron chi connectivity index (χ0n) is 16.8. The van der Waals surface area contributed by atoms with Crippen LogP contribution < -0.4 is 5.32 Å². The molecule has 2 rings (SSSR count). The smallest absolute Gasteiger partial charge is 0.258 e. The number of nitrogens with one attached hydrogen (secondary N) is 1. The molecule has 1 heterocycles. The maximum absolute atomic E-state index is 13.2. The number of aryl methyl sites for hydroxylation is 4. The summed E-state index contributed by atoms with van der Waals surface area (Å²) in [6.07, 6.45) is 4.83. The van der Waals surface area contributed by atoms with Gasteiger partial charge in [-0.3, -0.25) is 9.78 Å². The first-order chi connectivity index (χ1) is 12.8. The van der Waals surface area contributed by atoms with E-state index in [9.17, 15) is 4.79 Å². The average molecular weight is 496 g/mol. The molecule has 1 aromatic heterocycles. The van der Waals surface area contributed by atoms with Crippen molar-refractivity contribution in [3.8, 4) is 0 Å². The molecule has 27 heavy (non-hydrogen) atoms. The highest BCUT2D eigenvalue weighted by atomic mass is 79.9. The van der Waals surface area contributed by atoms with Crippen molar-refractivity contribution in [1.82, 2.24) is 4.98 Å². The summed E-state index contributed by atoms with van der Waals surface area (Å²) >= 11 is 7.28. The van der Waals surface area contributed by atoms with Crippen LogP contribution in [-0.2, 0) is 19.3 Å². The van der Waals surface area contributed by atoms with Crippen LogP contribution >= 0.6 is 31.9 Å². The number of carbonyl (C=O) groups excluding carboxylic acids is 1. The average Bonchev–Trinajstić information content (AvgIpc) is 2.62. The number of carbonyl (C=O) groups is 1. The molecule has 3 nitrogen and oxygen atoms in total. The van der Waals surface area contributed by atoms with Gasteiger partial charge < -0.3 is 5.32 Å². The lowest BCUT2D eigenvalue weighted by molar-refractivity contribution is 0.102. The van der Waals surface area contributed by atoms with Crippen molar-refractivity contribution in [2.45, 2.75) is 66.7 Å². The van der Waals surface area contributed by atoms with Gasteiger partial charge in [-0.15, -0.1) is 0 Å². The Morgan fingerprint density at radius 3 is 2.15 bits per heavy atom. The second-order valence-corrected chi connectivity index (χ2v) is 8.52. The number of halogens is 2. The number of benzene rings is 1. The van der Waals surface area contributed by atoms with Crippen LogP contribution in [0.1, 0.15) is 72.0 Å². The third-order valence-electron chi connectivity index (χ3n) is 4.89. The normalized spacial score (nSPS) is 10.9. The Morgan fingerprint density at radius 1 is 1.04 bits per heavy atom. The summed E-state index contributed by atoms with van der Waals surface area (Å²) in [6.45, 7) is 10.3. The van der Waals surface area contributed by atoms with Crippen LogP contribution in [0.25, 0.3) is 0 Å². The third kappa shape index (κ3) is 5.00. The van der Waals surface area contributed by atoms with Crippen LogP contribution in [-0.4, -0.2) is 10.9 Å². The number of pyridine rings is 1. The van der Waals surface area contributed by atoms with E-state index in [4.69, 9.17) is 0 Å². The van der Waals surface area contributed by atoms with E-state index in [1.807, 2.05) is 13.8 Å². The molecule has 0 spiro atoms. The number of rotatable bonds is 7. The quantitative estimate of drug-likeness (QED) is 0.451. The van der Waals surface area contributed by atoms with Crippen molar-refractivity contribution in [3.05, 3.63) is 54.7 Å². The lowest BCUT2D eigenvalue weighted by atomic mass is 10.0. The van der Waals surface area contributed by atoms with Crippen LogP contribution in [0, 0.1) is 13.8 Å². The Hall–Kier alpha value is -1.20. The molecular weight excluding hydrogens is 468 g/mol. The van der Waals surface area contributed by atoms with Gasteiger partial charge in [0, 0.05) is 20.3 Å². The lowest BCUT2D eigenvalue weighted by Crippen LogP contribution is -2.19. The van der Waals surface area contributed by atoms with E-state index < -0.39 is 0 Å². The van der Waals surface area contributed by atoms with Crippen molar-refractivity contribution >= 4 is 43.5 Å². The van der Waals surface area contributed by atoms with Crippen LogP contribution in [0.15, 0.2) is 21.1 Å². The Bertz CT molecular complexity index is 822. The number of unbranched alkanes of at least 4 members (excludes halogenated alkanes) is 1. The van der Waals surface area contributed by atoms with Gasteiger partial charge in [-0.2, -0.15) is 0 Å². The summed E-state index contributed by atoms with van der Waals surface area (Å²) in [5.41, 5.74) is 6.72. The maximum Gasteiger partial charge on any atom is 0.258 e. The predicted molar refractivity (Wildman–Crippen MR) is 121 cm³/mol. The molecule has 0 aliphatic heterocycles. The largest absolute Gasteiger partial charge is 0.321 e. The van der Waals surface area contributed by atoms with Crippen molar-refractivity contribution in [3.63, 3.8) is 0 Å². The van der Waals surface area contributed by atoms with Crippen molar-refractivity contribution in [2.24, 2.45) is 0 Å². The highest BCUT2D eigenvalue weighted by Gasteiger charge is 2.21. The first kappa shape index (κ1) is 22.1. The summed E-state index contributed by atoms with van der Waals surface area (Å²) in [5.74, 6) is -0.101. The Morgan fingerprint density at radius 2 is 1.63 bits per heavy atom. The number of amides is 1. The van der Waals surface area contributed by atoms with Gasteiger partial charge >= 0.3 is 0 Å². The zero-order chi connectivity index (χ0) is 20.1. The predicted octanol–water partition coefficient (Wildman–Crippen LogP) is 6.94. The summed E-state index contributed by atoms with van der Waals surface area (Å²) < 4.78 is 1.93. The molecule has 0 aliphatic rings. The number of aromatic nitrogens is 1. The first-order valence-corrected chi connectivity index (χ1v) is 11.2. The Balaban J connectivity index is 2.48.